The van der Waals surface area contributed by atoms with Gasteiger partial charge in [-0.05, 0) is 37.1 Å². The van der Waals surface area contributed by atoms with E-state index in [9.17, 15) is 4.79 Å². The predicted octanol–water partition coefficient (Wildman–Crippen LogP) is 2.59. The van der Waals surface area contributed by atoms with Crippen LogP contribution in [0.25, 0.3) is 0 Å². The molecule has 4 nitrogen and oxygen atoms in total. The molecule has 0 aliphatic rings. The summed E-state index contributed by atoms with van der Waals surface area (Å²) in [5.41, 5.74) is 2.76. The molecule has 0 atom stereocenters. The lowest BCUT2D eigenvalue weighted by atomic mass is 10.1. The van der Waals surface area contributed by atoms with Crippen LogP contribution in [-0.2, 0) is 17.7 Å². The number of benzene rings is 1. The quantitative estimate of drug-likeness (QED) is 0.627. The summed E-state index contributed by atoms with van der Waals surface area (Å²) in [6.07, 6.45) is 3.71. The number of aromatic nitrogens is 1. The fourth-order valence-corrected chi connectivity index (χ4v) is 2.05. The third-order valence-corrected chi connectivity index (χ3v) is 3.21. The molecule has 4 heteroatoms. The lowest BCUT2D eigenvalue weighted by Crippen LogP contribution is -2.16. The number of esters is 1. The van der Waals surface area contributed by atoms with E-state index >= 15 is 0 Å². The summed E-state index contributed by atoms with van der Waals surface area (Å²) < 4.78 is 4.64. The van der Waals surface area contributed by atoms with Crippen molar-refractivity contribution in [1.82, 2.24) is 10.3 Å². The van der Waals surface area contributed by atoms with Gasteiger partial charge in [0.1, 0.15) is 0 Å². The molecule has 1 aromatic heterocycles. The number of rotatable bonds is 7. The molecule has 2 rings (SSSR count). The average molecular weight is 284 g/mol. The summed E-state index contributed by atoms with van der Waals surface area (Å²) in [6, 6.07) is 14.0. The Morgan fingerprint density at radius 2 is 2.00 bits per heavy atom. The lowest BCUT2D eigenvalue weighted by molar-refractivity contribution is 0.0600. The SMILES string of the molecule is COC(=O)c1ccc(CNCCCc2ccccc2)nc1. The van der Waals surface area contributed by atoms with E-state index in [0.717, 1.165) is 25.1 Å². The van der Waals surface area contributed by atoms with Crippen molar-refractivity contribution in [2.45, 2.75) is 19.4 Å². The Balaban J connectivity index is 1.68. The summed E-state index contributed by atoms with van der Waals surface area (Å²) in [7, 11) is 1.37. The van der Waals surface area contributed by atoms with Gasteiger partial charge in [0.2, 0.25) is 0 Å². The molecule has 0 fully saturated rings. The van der Waals surface area contributed by atoms with Gasteiger partial charge < -0.3 is 10.1 Å². The molecule has 2 aromatic rings. The first-order valence-corrected chi connectivity index (χ1v) is 7.07. The van der Waals surface area contributed by atoms with Crippen molar-refractivity contribution in [3.8, 4) is 0 Å². The molecule has 1 heterocycles. The molecule has 21 heavy (non-hydrogen) atoms. The van der Waals surface area contributed by atoms with Crippen molar-refractivity contribution in [2.75, 3.05) is 13.7 Å². The molecule has 0 unspecified atom stereocenters. The van der Waals surface area contributed by atoms with Gasteiger partial charge in [-0.25, -0.2) is 4.79 Å². The second-order valence-corrected chi connectivity index (χ2v) is 4.80. The highest BCUT2D eigenvalue weighted by Crippen LogP contribution is 2.03. The standard InChI is InChI=1S/C17H20N2O2/c1-21-17(20)15-9-10-16(19-12-15)13-18-11-5-8-14-6-3-2-4-7-14/h2-4,6-7,9-10,12,18H,5,8,11,13H2,1H3. The smallest absolute Gasteiger partial charge is 0.339 e. The topological polar surface area (TPSA) is 51.2 Å². The molecule has 1 aromatic carbocycles. The Hall–Kier alpha value is -2.20. The first-order valence-electron chi connectivity index (χ1n) is 7.07. The first-order chi connectivity index (χ1) is 10.3. The lowest BCUT2D eigenvalue weighted by Gasteiger charge is -2.05. The van der Waals surface area contributed by atoms with E-state index in [1.165, 1.54) is 12.7 Å². The van der Waals surface area contributed by atoms with Crippen LogP contribution in [0.4, 0.5) is 0 Å². The minimum absolute atomic E-state index is 0.357. The van der Waals surface area contributed by atoms with Crippen molar-refractivity contribution in [2.24, 2.45) is 0 Å². The van der Waals surface area contributed by atoms with Crippen molar-refractivity contribution in [3.05, 3.63) is 65.5 Å². The summed E-state index contributed by atoms with van der Waals surface area (Å²) in [5.74, 6) is -0.357. The second kappa shape index (κ2) is 8.17. The summed E-state index contributed by atoms with van der Waals surface area (Å²) in [5, 5.41) is 3.36. The number of ether oxygens (including phenoxy) is 1. The maximum absolute atomic E-state index is 11.3. The Labute approximate surface area is 125 Å². The van der Waals surface area contributed by atoms with Crippen LogP contribution in [0.15, 0.2) is 48.7 Å². The maximum Gasteiger partial charge on any atom is 0.339 e. The van der Waals surface area contributed by atoms with Crippen LogP contribution >= 0.6 is 0 Å². The third kappa shape index (κ3) is 5.00. The summed E-state index contributed by atoms with van der Waals surface area (Å²) in [4.78, 5) is 15.5. The van der Waals surface area contributed by atoms with E-state index in [1.807, 2.05) is 12.1 Å². The van der Waals surface area contributed by atoms with E-state index in [4.69, 9.17) is 0 Å². The van der Waals surface area contributed by atoms with Gasteiger partial charge in [-0.15, -0.1) is 0 Å². The zero-order valence-corrected chi connectivity index (χ0v) is 12.2. The van der Waals surface area contributed by atoms with Crippen LogP contribution in [0.5, 0.6) is 0 Å². The molecule has 0 bridgehead atoms. The van der Waals surface area contributed by atoms with Crippen LogP contribution in [0.2, 0.25) is 0 Å². The molecule has 0 saturated heterocycles. The highest BCUT2D eigenvalue weighted by atomic mass is 16.5. The molecular weight excluding hydrogens is 264 g/mol. The van der Waals surface area contributed by atoms with E-state index in [-0.39, 0.29) is 5.97 Å². The number of aryl methyl sites for hydroxylation is 1. The largest absolute Gasteiger partial charge is 0.465 e. The van der Waals surface area contributed by atoms with E-state index < -0.39 is 0 Å². The number of methoxy groups -OCH3 is 1. The molecule has 0 amide bonds. The molecule has 110 valence electrons. The van der Waals surface area contributed by atoms with Gasteiger partial charge >= 0.3 is 5.97 Å². The normalized spacial score (nSPS) is 10.3. The number of nitrogens with zero attached hydrogens (tertiary/aromatic N) is 1. The van der Waals surface area contributed by atoms with Crippen LogP contribution in [0, 0.1) is 0 Å². The van der Waals surface area contributed by atoms with Crippen LogP contribution in [-0.4, -0.2) is 24.6 Å². The zero-order valence-electron chi connectivity index (χ0n) is 12.2. The fraction of sp³-hybridized carbons (Fsp3) is 0.294. The predicted molar refractivity (Wildman–Crippen MR) is 82.0 cm³/mol. The molecule has 0 aliphatic heterocycles. The van der Waals surface area contributed by atoms with Crippen molar-refractivity contribution >= 4 is 5.97 Å². The van der Waals surface area contributed by atoms with E-state index in [1.54, 1.807) is 12.3 Å². The highest BCUT2D eigenvalue weighted by molar-refractivity contribution is 5.88. The van der Waals surface area contributed by atoms with Gasteiger partial charge in [-0.1, -0.05) is 30.3 Å². The Morgan fingerprint density at radius 1 is 1.19 bits per heavy atom. The Morgan fingerprint density at radius 3 is 2.67 bits per heavy atom. The second-order valence-electron chi connectivity index (χ2n) is 4.80. The van der Waals surface area contributed by atoms with Crippen molar-refractivity contribution < 1.29 is 9.53 Å². The highest BCUT2D eigenvalue weighted by Gasteiger charge is 2.04. The minimum Gasteiger partial charge on any atom is -0.465 e. The molecule has 0 spiro atoms. The number of nitrogens with one attached hydrogen (secondary N) is 1. The first kappa shape index (κ1) is 15.2. The monoisotopic (exact) mass is 284 g/mol. The number of carbonyl (C=O) groups excluding carboxylic acids is 1. The summed E-state index contributed by atoms with van der Waals surface area (Å²) >= 11 is 0. The van der Waals surface area contributed by atoms with E-state index in [2.05, 4.69) is 39.3 Å². The molecular formula is C17H20N2O2. The fourth-order valence-electron chi connectivity index (χ4n) is 2.05. The zero-order chi connectivity index (χ0) is 14.9. The Bertz CT molecular complexity index is 553. The van der Waals surface area contributed by atoms with Gasteiger partial charge in [0.15, 0.2) is 0 Å². The average Bonchev–Trinajstić information content (AvgIpc) is 2.55. The summed E-state index contributed by atoms with van der Waals surface area (Å²) in [6.45, 7) is 1.64. The van der Waals surface area contributed by atoms with Gasteiger partial charge in [-0.2, -0.15) is 0 Å². The van der Waals surface area contributed by atoms with Crippen LogP contribution in [0.3, 0.4) is 0 Å². The van der Waals surface area contributed by atoms with Gasteiger partial charge in [0.05, 0.1) is 18.4 Å². The molecule has 0 radical (unpaired) electrons. The minimum atomic E-state index is -0.357. The molecule has 1 N–H and O–H groups in total. The van der Waals surface area contributed by atoms with Crippen molar-refractivity contribution in [1.29, 1.82) is 0 Å². The van der Waals surface area contributed by atoms with Crippen LogP contribution < -0.4 is 5.32 Å². The van der Waals surface area contributed by atoms with Crippen molar-refractivity contribution in [3.63, 3.8) is 0 Å². The number of carbonyl (C=O) groups is 1. The molecule has 0 saturated carbocycles. The number of hydrogen-bond donors (Lipinski definition) is 1. The molecule has 0 aliphatic carbocycles. The number of pyridine rings is 1. The Kier molecular flexibility index (Phi) is 5.91. The van der Waals surface area contributed by atoms with Gasteiger partial charge in [0, 0.05) is 12.7 Å². The van der Waals surface area contributed by atoms with Gasteiger partial charge in [0.25, 0.3) is 0 Å². The van der Waals surface area contributed by atoms with E-state index in [0.29, 0.717) is 12.1 Å². The van der Waals surface area contributed by atoms with Crippen LogP contribution in [0.1, 0.15) is 28.0 Å². The third-order valence-electron chi connectivity index (χ3n) is 3.21. The number of hydrogen-bond acceptors (Lipinski definition) is 4. The maximum atomic E-state index is 11.3. The van der Waals surface area contributed by atoms with Gasteiger partial charge in [-0.3, -0.25) is 4.98 Å².